The third-order valence-electron chi connectivity index (χ3n) is 4.43. The fraction of sp³-hybridized carbons (Fsp3) is 0.929. The maximum Gasteiger partial charge on any atom is 0.410 e. The van der Waals surface area contributed by atoms with Crippen molar-refractivity contribution < 1.29 is 9.53 Å². The Morgan fingerprint density at radius 3 is 2.53 bits per heavy atom. The van der Waals surface area contributed by atoms with Crippen LogP contribution in [0.15, 0.2) is 0 Å². The summed E-state index contributed by atoms with van der Waals surface area (Å²) >= 11 is 0. The van der Waals surface area contributed by atoms with E-state index in [0.717, 1.165) is 25.9 Å². The number of likely N-dealkylation sites (N-methyl/N-ethyl adjacent to an activating group) is 1. The van der Waals surface area contributed by atoms with E-state index in [1.807, 2.05) is 39.8 Å². The minimum absolute atomic E-state index is 0.0601. The number of hydrogen-bond acceptors (Lipinski definition) is 4. The molecule has 2 N–H and O–H groups in total. The van der Waals surface area contributed by atoms with E-state index in [9.17, 15) is 4.79 Å². The summed E-state index contributed by atoms with van der Waals surface area (Å²) in [7, 11) is 4.02. The summed E-state index contributed by atoms with van der Waals surface area (Å²) in [5.41, 5.74) is -0.361. The molecule has 19 heavy (non-hydrogen) atoms. The van der Waals surface area contributed by atoms with E-state index in [-0.39, 0.29) is 11.6 Å². The molecule has 2 rings (SSSR count). The molecule has 1 saturated heterocycles. The minimum atomic E-state index is -0.422. The summed E-state index contributed by atoms with van der Waals surface area (Å²) in [4.78, 5) is 14.0. The third-order valence-corrected chi connectivity index (χ3v) is 4.43. The van der Waals surface area contributed by atoms with Crippen LogP contribution < -0.4 is 10.6 Å². The van der Waals surface area contributed by atoms with Gasteiger partial charge in [0.25, 0.3) is 0 Å². The molecule has 110 valence electrons. The number of carbonyl (C=O) groups excluding carboxylic acids is 1. The molecule has 3 atom stereocenters. The molecule has 5 heteroatoms. The zero-order chi connectivity index (χ0) is 14.3. The number of fused-ring (bicyclic) bond motifs is 1. The molecule has 1 saturated carbocycles. The van der Waals surface area contributed by atoms with E-state index in [1.54, 1.807) is 0 Å². The molecule has 0 bridgehead atoms. The van der Waals surface area contributed by atoms with Gasteiger partial charge in [0.2, 0.25) is 0 Å². The lowest BCUT2D eigenvalue weighted by Crippen LogP contribution is -2.49. The summed E-state index contributed by atoms with van der Waals surface area (Å²) < 4.78 is 5.47. The quantitative estimate of drug-likeness (QED) is 0.791. The highest BCUT2D eigenvalue weighted by Gasteiger charge is 2.53. The first kappa shape index (κ1) is 14.6. The van der Waals surface area contributed by atoms with Crippen LogP contribution in [0.25, 0.3) is 0 Å². The van der Waals surface area contributed by atoms with Gasteiger partial charge in [-0.1, -0.05) is 0 Å². The van der Waals surface area contributed by atoms with Crippen molar-refractivity contribution in [2.75, 3.05) is 27.2 Å². The molecule has 2 fully saturated rings. The SMILES string of the molecule is CNC1CC2CN(C(=O)OC(C)(C)C)CC2(NC)C1. The lowest BCUT2D eigenvalue weighted by atomic mass is 9.91. The summed E-state index contributed by atoms with van der Waals surface area (Å²) in [6.45, 7) is 7.28. The molecule has 1 amide bonds. The Labute approximate surface area is 116 Å². The molecule has 2 aliphatic rings. The number of hydrogen-bond donors (Lipinski definition) is 2. The highest BCUT2D eigenvalue weighted by molar-refractivity contribution is 5.69. The Balaban J connectivity index is 2.02. The van der Waals surface area contributed by atoms with Gasteiger partial charge < -0.3 is 20.3 Å². The number of nitrogens with one attached hydrogen (secondary N) is 2. The van der Waals surface area contributed by atoms with Crippen molar-refractivity contribution in [3.05, 3.63) is 0 Å². The second-order valence-electron chi connectivity index (χ2n) is 6.89. The Kier molecular flexibility index (Phi) is 3.80. The van der Waals surface area contributed by atoms with Gasteiger partial charge in [0.1, 0.15) is 5.60 Å². The Morgan fingerprint density at radius 2 is 2.05 bits per heavy atom. The molecule has 5 nitrogen and oxygen atoms in total. The first-order valence-electron chi connectivity index (χ1n) is 7.14. The van der Waals surface area contributed by atoms with E-state index in [0.29, 0.717) is 12.0 Å². The van der Waals surface area contributed by atoms with Crippen molar-refractivity contribution in [2.45, 2.75) is 50.8 Å². The molecule has 0 aromatic heterocycles. The molecule has 0 aromatic carbocycles. The Morgan fingerprint density at radius 1 is 1.37 bits per heavy atom. The fourth-order valence-corrected chi connectivity index (χ4v) is 3.44. The van der Waals surface area contributed by atoms with Crippen LogP contribution >= 0.6 is 0 Å². The van der Waals surface area contributed by atoms with Gasteiger partial charge in [0.15, 0.2) is 0 Å². The molecular formula is C14H27N3O2. The average molecular weight is 269 g/mol. The van der Waals surface area contributed by atoms with Crippen LogP contribution in [0.3, 0.4) is 0 Å². The topological polar surface area (TPSA) is 53.6 Å². The van der Waals surface area contributed by atoms with Crippen LogP contribution in [0.5, 0.6) is 0 Å². The van der Waals surface area contributed by atoms with Crippen molar-refractivity contribution in [3.8, 4) is 0 Å². The van der Waals surface area contributed by atoms with Crippen LogP contribution in [-0.4, -0.2) is 55.4 Å². The van der Waals surface area contributed by atoms with Crippen molar-refractivity contribution >= 4 is 6.09 Å². The van der Waals surface area contributed by atoms with E-state index in [4.69, 9.17) is 4.74 Å². The average Bonchev–Trinajstić information content (AvgIpc) is 2.79. The van der Waals surface area contributed by atoms with Crippen LogP contribution in [0, 0.1) is 5.92 Å². The second-order valence-corrected chi connectivity index (χ2v) is 6.89. The predicted molar refractivity (Wildman–Crippen MR) is 75.2 cm³/mol. The molecule has 1 heterocycles. The van der Waals surface area contributed by atoms with Gasteiger partial charge in [-0.05, 0) is 53.6 Å². The summed E-state index contributed by atoms with van der Waals surface area (Å²) in [5.74, 6) is 0.516. The van der Waals surface area contributed by atoms with Crippen LogP contribution in [0.2, 0.25) is 0 Å². The second kappa shape index (κ2) is 4.94. The monoisotopic (exact) mass is 269 g/mol. The smallest absolute Gasteiger partial charge is 0.410 e. The Bertz CT molecular complexity index is 353. The number of likely N-dealkylation sites (tertiary alicyclic amines) is 1. The van der Waals surface area contributed by atoms with Gasteiger partial charge in [-0.15, -0.1) is 0 Å². The maximum absolute atomic E-state index is 12.2. The summed E-state index contributed by atoms with van der Waals surface area (Å²) in [6.07, 6.45) is 2.01. The highest BCUT2D eigenvalue weighted by Crippen LogP contribution is 2.41. The van der Waals surface area contributed by atoms with Crippen molar-refractivity contribution in [2.24, 2.45) is 5.92 Å². The zero-order valence-electron chi connectivity index (χ0n) is 12.7. The van der Waals surface area contributed by atoms with E-state index >= 15 is 0 Å². The van der Waals surface area contributed by atoms with Crippen LogP contribution in [0.4, 0.5) is 4.79 Å². The molecule has 0 aromatic rings. The Hall–Kier alpha value is -0.810. The number of amides is 1. The number of ether oxygens (including phenoxy) is 1. The van der Waals surface area contributed by atoms with Crippen LogP contribution in [-0.2, 0) is 4.74 Å². The van der Waals surface area contributed by atoms with Gasteiger partial charge in [0.05, 0.1) is 0 Å². The predicted octanol–water partition coefficient (Wildman–Crippen LogP) is 1.19. The van der Waals surface area contributed by atoms with E-state index in [2.05, 4.69) is 10.6 Å². The van der Waals surface area contributed by atoms with Crippen LogP contribution in [0.1, 0.15) is 33.6 Å². The van der Waals surface area contributed by atoms with Gasteiger partial charge in [0, 0.05) is 24.7 Å². The first-order valence-corrected chi connectivity index (χ1v) is 7.14. The van der Waals surface area contributed by atoms with Crippen molar-refractivity contribution in [1.29, 1.82) is 0 Å². The fourth-order valence-electron chi connectivity index (χ4n) is 3.44. The largest absolute Gasteiger partial charge is 0.444 e. The maximum atomic E-state index is 12.2. The standard InChI is InChI=1S/C14H27N3O2/c1-13(2,3)19-12(18)17-8-10-6-11(15-4)7-14(10,9-17)16-5/h10-11,15-16H,6-9H2,1-5H3. The lowest BCUT2D eigenvalue weighted by Gasteiger charge is -2.29. The van der Waals surface area contributed by atoms with Gasteiger partial charge in [-0.2, -0.15) is 0 Å². The normalized spacial score (nSPS) is 34.5. The van der Waals surface area contributed by atoms with E-state index in [1.165, 1.54) is 0 Å². The first-order chi connectivity index (χ1) is 8.79. The summed E-state index contributed by atoms with van der Waals surface area (Å²) in [6, 6.07) is 0.554. The van der Waals surface area contributed by atoms with Gasteiger partial charge in [-0.3, -0.25) is 0 Å². The molecule has 0 radical (unpaired) electrons. The number of rotatable bonds is 2. The third kappa shape index (κ3) is 2.87. The zero-order valence-corrected chi connectivity index (χ0v) is 12.7. The minimum Gasteiger partial charge on any atom is -0.444 e. The lowest BCUT2D eigenvalue weighted by molar-refractivity contribution is 0.0273. The number of nitrogens with zero attached hydrogens (tertiary/aromatic N) is 1. The summed E-state index contributed by atoms with van der Waals surface area (Å²) in [5, 5.41) is 6.82. The molecule has 0 spiro atoms. The number of carbonyl (C=O) groups is 1. The van der Waals surface area contributed by atoms with Gasteiger partial charge >= 0.3 is 6.09 Å². The van der Waals surface area contributed by atoms with E-state index < -0.39 is 5.60 Å². The molecule has 3 unspecified atom stereocenters. The molecule has 1 aliphatic carbocycles. The molecular weight excluding hydrogens is 242 g/mol. The van der Waals surface area contributed by atoms with Crippen molar-refractivity contribution in [1.82, 2.24) is 15.5 Å². The van der Waals surface area contributed by atoms with Crippen molar-refractivity contribution in [3.63, 3.8) is 0 Å². The van der Waals surface area contributed by atoms with Gasteiger partial charge in [-0.25, -0.2) is 4.79 Å². The molecule has 1 aliphatic heterocycles. The highest BCUT2D eigenvalue weighted by atomic mass is 16.6.